The van der Waals surface area contributed by atoms with Gasteiger partial charge in [0.05, 0.1) is 0 Å². The van der Waals surface area contributed by atoms with Crippen molar-refractivity contribution in [1.29, 1.82) is 0 Å². The van der Waals surface area contributed by atoms with Gasteiger partial charge in [-0.25, -0.2) is 0 Å². The molecule has 2 atom stereocenters. The Balaban J connectivity index is 1.89. The van der Waals surface area contributed by atoms with Crippen molar-refractivity contribution in [2.45, 2.75) is 32.2 Å². The number of unbranched alkanes of at least 4 members (excludes halogenated alkanes) is 1. The molecule has 12 heavy (non-hydrogen) atoms. The highest BCUT2D eigenvalue weighted by Crippen LogP contribution is 2.09. The lowest BCUT2D eigenvalue weighted by atomic mass is 10.4. The van der Waals surface area contributed by atoms with Crippen LogP contribution in [0.2, 0.25) is 0 Å². The van der Waals surface area contributed by atoms with Gasteiger partial charge in [-0.2, -0.15) is 0 Å². The first kappa shape index (κ1) is 9.71. The summed E-state index contributed by atoms with van der Waals surface area (Å²) in [4.78, 5) is 0. The van der Waals surface area contributed by atoms with Crippen molar-refractivity contribution < 1.29 is 4.74 Å². The lowest BCUT2D eigenvalue weighted by Crippen LogP contribution is -2.21. The van der Waals surface area contributed by atoms with Crippen LogP contribution in [-0.2, 0) is 4.74 Å². The minimum absolute atomic E-state index is 0.233. The van der Waals surface area contributed by atoms with Crippen molar-refractivity contribution in [2.75, 3.05) is 13.2 Å². The molecule has 0 aromatic heterocycles. The Morgan fingerprint density at radius 2 is 2.50 bits per heavy atom. The van der Waals surface area contributed by atoms with Gasteiger partial charge in [0.2, 0.25) is 0 Å². The van der Waals surface area contributed by atoms with E-state index in [1.54, 1.807) is 0 Å². The van der Waals surface area contributed by atoms with E-state index in [2.05, 4.69) is 24.1 Å². The summed E-state index contributed by atoms with van der Waals surface area (Å²) in [7, 11) is 0. The fourth-order valence-corrected chi connectivity index (χ4v) is 0.997. The quantitative estimate of drug-likeness (QED) is 0.338. The average Bonchev–Trinajstić information content (AvgIpc) is 2.81. The Morgan fingerprint density at radius 1 is 1.67 bits per heavy atom. The first-order chi connectivity index (χ1) is 5.88. The highest BCUT2D eigenvalue weighted by molar-refractivity contribution is 4.90. The number of nitrogens with one attached hydrogen (secondary N) is 2. The summed E-state index contributed by atoms with van der Waals surface area (Å²) in [6.07, 6.45) is 4.77. The molecule has 0 spiro atoms. The smallest absolute Gasteiger partial charge is 0.138 e. The second-order valence-corrected chi connectivity index (χ2v) is 2.99. The third-order valence-electron chi connectivity index (χ3n) is 1.81. The van der Waals surface area contributed by atoms with Crippen LogP contribution in [0.25, 0.3) is 0 Å². The fourth-order valence-electron chi connectivity index (χ4n) is 0.997. The number of hydrogen-bond acceptors (Lipinski definition) is 3. The Hall–Kier alpha value is -0.380. The van der Waals surface area contributed by atoms with Crippen LogP contribution < -0.4 is 10.6 Å². The zero-order valence-electron chi connectivity index (χ0n) is 7.68. The Morgan fingerprint density at radius 3 is 3.17 bits per heavy atom. The van der Waals surface area contributed by atoms with Crippen molar-refractivity contribution in [2.24, 2.45) is 0 Å². The number of hydrogen-bond donors (Lipinski definition) is 2. The lowest BCUT2D eigenvalue weighted by Gasteiger charge is -1.99. The van der Waals surface area contributed by atoms with E-state index in [0.717, 1.165) is 19.6 Å². The highest BCUT2D eigenvalue weighted by atomic mass is 16.5. The van der Waals surface area contributed by atoms with E-state index in [-0.39, 0.29) is 6.23 Å². The van der Waals surface area contributed by atoms with Gasteiger partial charge in [0.1, 0.15) is 12.4 Å². The fraction of sp³-hybridized carbons (Fsp3) is 0.778. The molecule has 1 unspecified atom stereocenters. The lowest BCUT2D eigenvalue weighted by molar-refractivity contribution is 0.106. The van der Waals surface area contributed by atoms with Gasteiger partial charge in [0.25, 0.3) is 0 Å². The zero-order chi connectivity index (χ0) is 8.81. The molecule has 0 bridgehead atoms. The first-order valence-electron chi connectivity index (χ1n) is 4.60. The summed E-state index contributed by atoms with van der Waals surface area (Å²) in [5.41, 5.74) is 0. The molecule has 3 nitrogen and oxygen atoms in total. The molecule has 1 heterocycles. The molecule has 1 rings (SSSR count). The highest BCUT2D eigenvalue weighted by Gasteiger charge is 2.35. The minimum Gasteiger partial charge on any atom is -0.360 e. The third-order valence-corrected chi connectivity index (χ3v) is 1.81. The van der Waals surface area contributed by atoms with E-state index in [0.29, 0.717) is 6.17 Å². The number of ether oxygens (including phenoxy) is 1. The van der Waals surface area contributed by atoms with Crippen LogP contribution >= 0.6 is 0 Å². The van der Waals surface area contributed by atoms with Gasteiger partial charge >= 0.3 is 0 Å². The summed E-state index contributed by atoms with van der Waals surface area (Å²) in [5, 5.41) is 6.41. The second-order valence-electron chi connectivity index (χ2n) is 2.99. The Labute approximate surface area is 74.2 Å². The van der Waals surface area contributed by atoms with E-state index in [9.17, 15) is 0 Å². The molecule has 70 valence electrons. The van der Waals surface area contributed by atoms with Gasteiger partial charge in [0.15, 0.2) is 0 Å². The average molecular weight is 170 g/mol. The van der Waals surface area contributed by atoms with E-state index < -0.39 is 0 Å². The van der Waals surface area contributed by atoms with Crippen LogP contribution in [0, 0.1) is 0 Å². The molecule has 2 N–H and O–H groups in total. The summed E-state index contributed by atoms with van der Waals surface area (Å²) >= 11 is 0. The molecule has 1 aliphatic heterocycles. The van der Waals surface area contributed by atoms with Crippen molar-refractivity contribution in [1.82, 2.24) is 10.6 Å². The second kappa shape index (κ2) is 5.30. The molecule has 0 saturated carbocycles. The molecule has 1 saturated heterocycles. The van der Waals surface area contributed by atoms with Gasteiger partial charge in [-0.1, -0.05) is 19.4 Å². The maximum absolute atomic E-state index is 5.50. The molecule has 3 heteroatoms. The molecule has 1 fully saturated rings. The summed E-state index contributed by atoms with van der Waals surface area (Å²) in [5.74, 6) is 0. The standard InChI is InChI=1S/C9H18N2O/c1-3-5-7-12-9-8(11-9)10-6-4-2/h4,8-11H,2-3,5-7H2,1H3/t8?,9-/m0/s1. The van der Waals surface area contributed by atoms with E-state index >= 15 is 0 Å². The number of rotatable bonds is 7. The minimum atomic E-state index is 0.233. The topological polar surface area (TPSA) is 43.2 Å². The summed E-state index contributed by atoms with van der Waals surface area (Å²) < 4.78 is 5.50. The van der Waals surface area contributed by atoms with E-state index in [1.807, 2.05) is 6.08 Å². The van der Waals surface area contributed by atoms with E-state index in [1.165, 1.54) is 6.42 Å². The van der Waals surface area contributed by atoms with Gasteiger partial charge in [-0.15, -0.1) is 6.58 Å². The summed E-state index contributed by atoms with van der Waals surface area (Å²) in [6, 6.07) is 0. The van der Waals surface area contributed by atoms with Crippen molar-refractivity contribution in [3.8, 4) is 0 Å². The van der Waals surface area contributed by atoms with Crippen molar-refractivity contribution in [3.05, 3.63) is 12.7 Å². The monoisotopic (exact) mass is 170 g/mol. The van der Waals surface area contributed by atoms with Crippen molar-refractivity contribution >= 4 is 0 Å². The van der Waals surface area contributed by atoms with Gasteiger partial charge in [-0.05, 0) is 6.42 Å². The van der Waals surface area contributed by atoms with E-state index in [4.69, 9.17) is 4.74 Å². The normalized spacial score (nSPS) is 27.1. The Kier molecular flexibility index (Phi) is 4.29. The van der Waals surface area contributed by atoms with Crippen LogP contribution in [0.1, 0.15) is 19.8 Å². The third kappa shape index (κ3) is 3.34. The summed E-state index contributed by atoms with van der Waals surface area (Å²) in [6.45, 7) is 7.49. The van der Waals surface area contributed by atoms with Crippen LogP contribution in [0.15, 0.2) is 12.7 Å². The van der Waals surface area contributed by atoms with Crippen LogP contribution in [0.4, 0.5) is 0 Å². The molecular weight excluding hydrogens is 152 g/mol. The van der Waals surface area contributed by atoms with Gasteiger partial charge in [0, 0.05) is 13.2 Å². The molecule has 0 amide bonds. The van der Waals surface area contributed by atoms with Gasteiger partial charge < -0.3 is 4.74 Å². The largest absolute Gasteiger partial charge is 0.360 e. The predicted molar refractivity (Wildman–Crippen MR) is 49.8 cm³/mol. The maximum atomic E-state index is 5.50. The SMILES string of the molecule is C=CCNC1N[C@H]1OCCCC. The van der Waals surface area contributed by atoms with Crippen LogP contribution in [0.5, 0.6) is 0 Å². The van der Waals surface area contributed by atoms with Crippen LogP contribution in [-0.4, -0.2) is 25.5 Å². The molecule has 1 aliphatic rings. The Bertz CT molecular complexity index is 138. The molecule has 0 aliphatic carbocycles. The van der Waals surface area contributed by atoms with Gasteiger partial charge in [-0.3, -0.25) is 10.6 Å². The maximum Gasteiger partial charge on any atom is 0.138 e. The molecular formula is C9H18N2O. The molecule has 0 radical (unpaired) electrons. The zero-order valence-corrected chi connectivity index (χ0v) is 7.68. The van der Waals surface area contributed by atoms with Crippen LogP contribution in [0.3, 0.4) is 0 Å². The first-order valence-corrected chi connectivity index (χ1v) is 4.60. The molecule has 0 aromatic carbocycles. The predicted octanol–water partition coefficient (Wildman–Crippen LogP) is 0.834. The molecule has 0 aromatic rings. The van der Waals surface area contributed by atoms with Crippen molar-refractivity contribution in [3.63, 3.8) is 0 Å².